The van der Waals surface area contributed by atoms with Gasteiger partial charge in [0, 0.05) is 48.6 Å². The van der Waals surface area contributed by atoms with Gasteiger partial charge in [-0.1, -0.05) is 23.2 Å². The maximum absolute atomic E-state index is 13.5. The van der Waals surface area contributed by atoms with E-state index in [4.69, 9.17) is 32.7 Å². The molecule has 4 rings (SSSR count). The molecule has 0 saturated heterocycles. The first kappa shape index (κ1) is 21.2. The van der Waals surface area contributed by atoms with Crippen LogP contribution in [0.1, 0.15) is 6.92 Å². The summed E-state index contributed by atoms with van der Waals surface area (Å²) in [6, 6.07) is 5.22. The van der Waals surface area contributed by atoms with Gasteiger partial charge < -0.3 is 14.0 Å². The standard InChI is InChI=1S/C22H20Cl2N4O3/c1-5-28-16-7-15(13-10-26-27(2)11-13)25-9-12(16)6-14(22(28)29)19-20(23)17(30-3)8-18(31-4)21(19)24/h6-11H,5H2,1-4H3. The van der Waals surface area contributed by atoms with Crippen LogP contribution in [0.15, 0.2) is 41.6 Å². The zero-order valence-electron chi connectivity index (χ0n) is 17.4. The Hall–Kier alpha value is -3.03. The van der Waals surface area contributed by atoms with Gasteiger partial charge in [0.1, 0.15) is 11.5 Å². The highest BCUT2D eigenvalue weighted by molar-refractivity contribution is 6.41. The third kappa shape index (κ3) is 3.54. The Morgan fingerprint density at radius 1 is 1.03 bits per heavy atom. The van der Waals surface area contributed by atoms with Gasteiger partial charge >= 0.3 is 0 Å². The molecule has 0 atom stereocenters. The summed E-state index contributed by atoms with van der Waals surface area (Å²) in [5, 5.41) is 5.46. The van der Waals surface area contributed by atoms with Crippen LogP contribution in [0, 0.1) is 0 Å². The molecule has 0 spiro atoms. The molecule has 0 unspecified atom stereocenters. The number of hydrogen-bond donors (Lipinski definition) is 0. The monoisotopic (exact) mass is 458 g/mol. The number of ether oxygens (including phenoxy) is 2. The summed E-state index contributed by atoms with van der Waals surface area (Å²) in [6.07, 6.45) is 5.34. The number of aryl methyl sites for hydroxylation is 2. The zero-order valence-corrected chi connectivity index (χ0v) is 19.0. The lowest BCUT2D eigenvalue weighted by Crippen LogP contribution is -2.21. The molecule has 1 aromatic carbocycles. The first-order chi connectivity index (χ1) is 14.9. The Bertz CT molecular complexity index is 1330. The zero-order chi connectivity index (χ0) is 22.3. The fraction of sp³-hybridized carbons (Fsp3) is 0.227. The van der Waals surface area contributed by atoms with Crippen molar-refractivity contribution in [3.63, 3.8) is 0 Å². The van der Waals surface area contributed by atoms with Gasteiger partial charge in [0.25, 0.3) is 5.56 Å². The first-order valence-electron chi connectivity index (χ1n) is 9.52. The topological polar surface area (TPSA) is 71.2 Å². The van der Waals surface area contributed by atoms with Crippen LogP contribution in [-0.4, -0.2) is 33.6 Å². The molecule has 0 aliphatic heterocycles. The molecule has 0 radical (unpaired) electrons. The maximum Gasteiger partial charge on any atom is 0.259 e. The molecule has 0 fully saturated rings. The molecular weight excluding hydrogens is 439 g/mol. The van der Waals surface area contributed by atoms with E-state index in [2.05, 4.69) is 10.1 Å². The lowest BCUT2D eigenvalue weighted by atomic mass is 10.0. The lowest BCUT2D eigenvalue weighted by molar-refractivity contribution is 0.395. The van der Waals surface area contributed by atoms with Gasteiger partial charge in [-0.25, -0.2) is 0 Å². The van der Waals surface area contributed by atoms with Crippen molar-refractivity contribution in [3.8, 4) is 33.9 Å². The number of rotatable bonds is 5. The largest absolute Gasteiger partial charge is 0.495 e. The summed E-state index contributed by atoms with van der Waals surface area (Å²) in [5.41, 5.74) is 2.84. The van der Waals surface area contributed by atoms with Gasteiger partial charge in [0.15, 0.2) is 0 Å². The minimum Gasteiger partial charge on any atom is -0.495 e. The van der Waals surface area contributed by atoms with Gasteiger partial charge in [-0.05, 0) is 19.1 Å². The third-order valence-electron chi connectivity index (χ3n) is 5.14. The van der Waals surface area contributed by atoms with Gasteiger partial charge in [0.05, 0.1) is 47.2 Å². The van der Waals surface area contributed by atoms with Gasteiger partial charge in [-0.3, -0.25) is 14.5 Å². The molecule has 7 nitrogen and oxygen atoms in total. The Morgan fingerprint density at radius 2 is 1.71 bits per heavy atom. The summed E-state index contributed by atoms with van der Waals surface area (Å²) < 4.78 is 14.1. The second-order valence-corrected chi connectivity index (χ2v) is 7.68. The number of nitrogens with zero attached hydrogens (tertiary/aromatic N) is 4. The molecule has 31 heavy (non-hydrogen) atoms. The van der Waals surface area contributed by atoms with Crippen LogP contribution in [-0.2, 0) is 13.6 Å². The summed E-state index contributed by atoms with van der Waals surface area (Å²) in [4.78, 5) is 18.1. The molecule has 3 heterocycles. The lowest BCUT2D eigenvalue weighted by Gasteiger charge is -2.17. The highest BCUT2D eigenvalue weighted by atomic mass is 35.5. The molecule has 160 valence electrons. The van der Waals surface area contributed by atoms with Crippen LogP contribution >= 0.6 is 23.2 Å². The highest BCUT2D eigenvalue weighted by Gasteiger charge is 2.22. The predicted octanol–water partition coefficient (Wildman–Crippen LogP) is 4.81. The summed E-state index contributed by atoms with van der Waals surface area (Å²) in [6.45, 7) is 2.36. The van der Waals surface area contributed by atoms with Crippen molar-refractivity contribution in [1.29, 1.82) is 0 Å². The molecule has 9 heteroatoms. The smallest absolute Gasteiger partial charge is 0.259 e. The Labute approximate surface area is 188 Å². The van der Waals surface area contributed by atoms with Crippen molar-refractivity contribution >= 4 is 34.1 Å². The van der Waals surface area contributed by atoms with Crippen LogP contribution in [0.25, 0.3) is 33.3 Å². The SMILES string of the molecule is CCn1c(=O)c(-c2c(Cl)c(OC)cc(OC)c2Cl)cc2cnc(-c3cnn(C)c3)cc21. The van der Waals surface area contributed by atoms with Gasteiger partial charge in [-0.15, -0.1) is 0 Å². The van der Waals surface area contributed by atoms with Crippen molar-refractivity contribution in [2.75, 3.05) is 14.2 Å². The van der Waals surface area contributed by atoms with Crippen LogP contribution in [0.2, 0.25) is 10.0 Å². The molecule has 4 aromatic rings. The van der Waals surface area contributed by atoms with Crippen molar-refractivity contribution in [2.24, 2.45) is 7.05 Å². The van der Waals surface area contributed by atoms with E-state index in [9.17, 15) is 4.79 Å². The highest BCUT2D eigenvalue weighted by Crippen LogP contribution is 2.45. The van der Waals surface area contributed by atoms with E-state index < -0.39 is 0 Å². The van der Waals surface area contributed by atoms with Gasteiger partial charge in [0.2, 0.25) is 0 Å². The van der Waals surface area contributed by atoms with E-state index in [0.717, 1.165) is 22.2 Å². The normalized spacial score (nSPS) is 11.2. The fourth-order valence-electron chi connectivity index (χ4n) is 3.60. The Kier molecular flexibility index (Phi) is 5.64. The average Bonchev–Trinajstić information content (AvgIpc) is 3.20. The van der Waals surface area contributed by atoms with Crippen LogP contribution in [0.4, 0.5) is 0 Å². The second-order valence-electron chi connectivity index (χ2n) is 6.92. The second kappa shape index (κ2) is 8.24. The molecule has 0 aliphatic carbocycles. The average molecular weight is 459 g/mol. The fourth-order valence-corrected chi connectivity index (χ4v) is 4.30. The third-order valence-corrected chi connectivity index (χ3v) is 5.89. The van der Waals surface area contributed by atoms with Crippen LogP contribution in [0.3, 0.4) is 0 Å². The van der Waals surface area contributed by atoms with E-state index in [0.29, 0.717) is 29.2 Å². The van der Waals surface area contributed by atoms with Crippen LogP contribution < -0.4 is 15.0 Å². The molecule has 0 N–H and O–H groups in total. The number of fused-ring (bicyclic) bond motifs is 1. The van der Waals surface area contributed by atoms with Crippen molar-refractivity contribution < 1.29 is 9.47 Å². The minimum absolute atomic E-state index is 0.225. The quantitative estimate of drug-likeness (QED) is 0.429. The summed E-state index contributed by atoms with van der Waals surface area (Å²) in [5.74, 6) is 0.732. The summed E-state index contributed by atoms with van der Waals surface area (Å²) in [7, 11) is 4.83. The van der Waals surface area contributed by atoms with E-state index in [-0.39, 0.29) is 15.6 Å². The molecule has 3 aromatic heterocycles. The predicted molar refractivity (Wildman–Crippen MR) is 122 cm³/mol. The van der Waals surface area contributed by atoms with E-state index in [1.807, 2.05) is 26.2 Å². The first-order valence-corrected chi connectivity index (χ1v) is 10.3. The Morgan fingerprint density at radius 3 is 2.26 bits per heavy atom. The Balaban J connectivity index is 2.02. The molecule has 0 amide bonds. The minimum atomic E-state index is -0.225. The van der Waals surface area contributed by atoms with Crippen molar-refractivity contribution in [2.45, 2.75) is 13.5 Å². The number of aromatic nitrogens is 4. The van der Waals surface area contributed by atoms with E-state index >= 15 is 0 Å². The number of methoxy groups -OCH3 is 2. The summed E-state index contributed by atoms with van der Waals surface area (Å²) >= 11 is 13.1. The molecule has 0 aliphatic rings. The number of benzene rings is 1. The number of pyridine rings is 2. The molecule has 0 bridgehead atoms. The van der Waals surface area contributed by atoms with E-state index in [1.165, 1.54) is 14.2 Å². The van der Waals surface area contributed by atoms with Crippen LogP contribution in [0.5, 0.6) is 11.5 Å². The van der Waals surface area contributed by atoms with Crippen molar-refractivity contribution in [3.05, 3.63) is 57.2 Å². The molecular formula is C22H20Cl2N4O3. The van der Waals surface area contributed by atoms with E-state index in [1.54, 1.807) is 33.8 Å². The van der Waals surface area contributed by atoms with Gasteiger partial charge in [-0.2, -0.15) is 5.10 Å². The molecule has 0 saturated carbocycles. The van der Waals surface area contributed by atoms with Crippen molar-refractivity contribution in [1.82, 2.24) is 19.3 Å². The number of hydrogen-bond acceptors (Lipinski definition) is 5. The maximum atomic E-state index is 13.5. The number of halogens is 2.